The molecular formula is C10H16N4O. The smallest absolute Gasteiger partial charge is 0.242 e. The molecule has 0 saturated heterocycles. The van der Waals surface area contributed by atoms with E-state index in [4.69, 9.17) is 0 Å². The molecule has 15 heavy (non-hydrogen) atoms. The highest BCUT2D eigenvalue weighted by molar-refractivity contribution is 5.84. The lowest BCUT2D eigenvalue weighted by molar-refractivity contribution is -0.121. The number of nitrogens with zero attached hydrogens (tertiary/aromatic N) is 2. The minimum atomic E-state index is -0.283. The third-order valence-corrected chi connectivity index (χ3v) is 1.90. The maximum Gasteiger partial charge on any atom is 0.242 e. The zero-order valence-electron chi connectivity index (χ0n) is 9.03. The van der Waals surface area contributed by atoms with Crippen LogP contribution >= 0.6 is 0 Å². The number of aryl methyl sites for hydroxylation is 1. The number of rotatable bonds is 5. The molecule has 0 bridgehead atoms. The number of anilines is 1. The summed E-state index contributed by atoms with van der Waals surface area (Å²) in [5.41, 5.74) is 0.832. The van der Waals surface area contributed by atoms with Gasteiger partial charge in [0.25, 0.3) is 0 Å². The zero-order valence-corrected chi connectivity index (χ0v) is 9.03. The van der Waals surface area contributed by atoms with Crippen molar-refractivity contribution in [1.82, 2.24) is 15.1 Å². The van der Waals surface area contributed by atoms with Crippen LogP contribution in [-0.4, -0.2) is 28.3 Å². The summed E-state index contributed by atoms with van der Waals surface area (Å²) in [4.78, 5) is 11.5. The molecule has 1 heterocycles. The van der Waals surface area contributed by atoms with E-state index in [-0.39, 0.29) is 11.9 Å². The highest BCUT2D eigenvalue weighted by Crippen LogP contribution is 2.05. The van der Waals surface area contributed by atoms with Crippen LogP contribution in [0.2, 0.25) is 0 Å². The van der Waals surface area contributed by atoms with Crippen molar-refractivity contribution in [2.45, 2.75) is 13.0 Å². The molecule has 0 aliphatic rings. The van der Waals surface area contributed by atoms with Gasteiger partial charge in [-0.15, -0.1) is 6.58 Å². The van der Waals surface area contributed by atoms with Crippen LogP contribution in [0.25, 0.3) is 0 Å². The minimum absolute atomic E-state index is 0.0567. The standard InChI is InChI=1S/C10H16N4O/c1-4-5-11-10(15)8(2)13-9-6-12-14(3)7-9/h4,6-8,13H,1,5H2,2-3H3,(H,11,15). The van der Waals surface area contributed by atoms with Crippen molar-refractivity contribution in [3.8, 4) is 0 Å². The third-order valence-electron chi connectivity index (χ3n) is 1.90. The summed E-state index contributed by atoms with van der Waals surface area (Å²) in [7, 11) is 1.83. The van der Waals surface area contributed by atoms with E-state index in [1.165, 1.54) is 0 Å². The third kappa shape index (κ3) is 3.46. The maximum atomic E-state index is 11.5. The van der Waals surface area contributed by atoms with Gasteiger partial charge in [-0.1, -0.05) is 6.08 Å². The Bertz CT molecular complexity index is 345. The molecule has 0 radical (unpaired) electrons. The van der Waals surface area contributed by atoms with Crippen molar-refractivity contribution in [2.24, 2.45) is 7.05 Å². The molecular weight excluding hydrogens is 192 g/mol. The van der Waals surface area contributed by atoms with Gasteiger partial charge in [0, 0.05) is 19.8 Å². The Balaban J connectivity index is 2.44. The quantitative estimate of drug-likeness (QED) is 0.694. The second-order valence-corrected chi connectivity index (χ2v) is 3.30. The molecule has 0 saturated carbocycles. The van der Waals surface area contributed by atoms with Gasteiger partial charge in [0.1, 0.15) is 6.04 Å². The number of carbonyl (C=O) groups excluding carboxylic acids is 1. The van der Waals surface area contributed by atoms with Crippen LogP contribution in [0, 0.1) is 0 Å². The second kappa shape index (κ2) is 5.19. The molecule has 0 spiro atoms. The molecule has 0 fully saturated rings. The van der Waals surface area contributed by atoms with Crippen LogP contribution < -0.4 is 10.6 Å². The number of hydrogen-bond donors (Lipinski definition) is 2. The summed E-state index contributed by atoms with van der Waals surface area (Å²) in [6, 6.07) is -0.283. The van der Waals surface area contributed by atoms with E-state index in [0.717, 1.165) is 5.69 Å². The van der Waals surface area contributed by atoms with Crippen LogP contribution in [0.5, 0.6) is 0 Å². The summed E-state index contributed by atoms with van der Waals surface area (Å²) in [5, 5.41) is 9.75. The number of hydrogen-bond acceptors (Lipinski definition) is 3. The Hall–Kier alpha value is -1.78. The fourth-order valence-electron chi connectivity index (χ4n) is 1.14. The van der Waals surface area contributed by atoms with Gasteiger partial charge in [-0.2, -0.15) is 5.10 Å². The van der Waals surface area contributed by atoms with Crippen LogP contribution in [0.3, 0.4) is 0 Å². The molecule has 1 aromatic heterocycles. The van der Waals surface area contributed by atoms with E-state index in [2.05, 4.69) is 22.3 Å². The first-order valence-electron chi connectivity index (χ1n) is 4.77. The summed E-state index contributed by atoms with van der Waals surface area (Å²) in [5.74, 6) is -0.0567. The zero-order chi connectivity index (χ0) is 11.3. The van der Waals surface area contributed by atoms with E-state index in [1.807, 2.05) is 13.2 Å². The normalized spacial score (nSPS) is 11.9. The molecule has 1 unspecified atom stereocenters. The summed E-state index contributed by atoms with van der Waals surface area (Å²) in [6.45, 7) is 5.81. The van der Waals surface area contributed by atoms with Gasteiger partial charge in [0.05, 0.1) is 11.9 Å². The monoisotopic (exact) mass is 208 g/mol. The fourth-order valence-corrected chi connectivity index (χ4v) is 1.14. The number of carbonyl (C=O) groups is 1. The minimum Gasteiger partial charge on any atom is -0.371 e. The summed E-state index contributed by atoms with van der Waals surface area (Å²) < 4.78 is 1.68. The van der Waals surface area contributed by atoms with Crippen molar-refractivity contribution in [2.75, 3.05) is 11.9 Å². The lowest BCUT2D eigenvalue weighted by Crippen LogP contribution is -2.37. The SMILES string of the molecule is C=CCNC(=O)C(C)Nc1cnn(C)c1. The van der Waals surface area contributed by atoms with Gasteiger partial charge >= 0.3 is 0 Å². The highest BCUT2D eigenvalue weighted by Gasteiger charge is 2.11. The lowest BCUT2D eigenvalue weighted by Gasteiger charge is -2.12. The molecule has 1 aromatic rings. The fraction of sp³-hybridized carbons (Fsp3) is 0.400. The van der Waals surface area contributed by atoms with Crippen LogP contribution in [0.4, 0.5) is 5.69 Å². The van der Waals surface area contributed by atoms with E-state index in [1.54, 1.807) is 23.9 Å². The molecule has 1 atom stereocenters. The predicted octanol–water partition coefficient (Wildman–Crippen LogP) is 0.523. The largest absolute Gasteiger partial charge is 0.371 e. The van der Waals surface area contributed by atoms with Crippen molar-refractivity contribution >= 4 is 11.6 Å². The van der Waals surface area contributed by atoms with Crippen molar-refractivity contribution in [3.05, 3.63) is 25.0 Å². The first-order chi connectivity index (χ1) is 7.13. The Morgan fingerprint density at radius 1 is 1.80 bits per heavy atom. The molecule has 5 heteroatoms. The molecule has 5 nitrogen and oxygen atoms in total. The topological polar surface area (TPSA) is 59.0 Å². The molecule has 0 aliphatic carbocycles. The van der Waals surface area contributed by atoms with E-state index >= 15 is 0 Å². The average Bonchev–Trinajstić information content (AvgIpc) is 2.60. The number of nitrogens with one attached hydrogen (secondary N) is 2. The van der Waals surface area contributed by atoms with Crippen LogP contribution in [-0.2, 0) is 11.8 Å². The first-order valence-corrected chi connectivity index (χ1v) is 4.77. The molecule has 1 rings (SSSR count). The Kier molecular flexibility index (Phi) is 3.91. The van der Waals surface area contributed by atoms with Crippen molar-refractivity contribution in [1.29, 1.82) is 0 Å². The van der Waals surface area contributed by atoms with Crippen LogP contribution in [0.1, 0.15) is 6.92 Å². The number of amides is 1. The molecule has 0 aromatic carbocycles. The Morgan fingerprint density at radius 3 is 3.07 bits per heavy atom. The van der Waals surface area contributed by atoms with E-state index in [0.29, 0.717) is 6.54 Å². The van der Waals surface area contributed by atoms with Crippen LogP contribution in [0.15, 0.2) is 25.0 Å². The Morgan fingerprint density at radius 2 is 2.53 bits per heavy atom. The molecule has 1 amide bonds. The molecule has 0 aliphatic heterocycles. The second-order valence-electron chi connectivity index (χ2n) is 3.30. The van der Waals surface area contributed by atoms with Gasteiger partial charge < -0.3 is 10.6 Å². The van der Waals surface area contributed by atoms with Gasteiger partial charge in [-0.25, -0.2) is 0 Å². The van der Waals surface area contributed by atoms with E-state index < -0.39 is 0 Å². The molecule has 2 N–H and O–H groups in total. The van der Waals surface area contributed by atoms with Gasteiger partial charge in [0.15, 0.2) is 0 Å². The van der Waals surface area contributed by atoms with E-state index in [9.17, 15) is 4.79 Å². The lowest BCUT2D eigenvalue weighted by atomic mass is 10.3. The average molecular weight is 208 g/mol. The van der Waals surface area contributed by atoms with Gasteiger partial charge in [0.2, 0.25) is 5.91 Å². The molecule has 82 valence electrons. The summed E-state index contributed by atoms with van der Waals surface area (Å²) >= 11 is 0. The highest BCUT2D eigenvalue weighted by atomic mass is 16.2. The Labute approximate surface area is 89.2 Å². The van der Waals surface area contributed by atoms with Crippen molar-refractivity contribution in [3.63, 3.8) is 0 Å². The first kappa shape index (κ1) is 11.3. The number of aromatic nitrogens is 2. The predicted molar refractivity (Wildman–Crippen MR) is 59.5 cm³/mol. The van der Waals surface area contributed by atoms with Gasteiger partial charge in [-0.05, 0) is 6.92 Å². The van der Waals surface area contributed by atoms with Gasteiger partial charge in [-0.3, -0.25) is 9.48 Å². The maximum absolute atomic E-state index is 11.5. The summed E-state index contributed by atoms with van der Waals surface area (Å²) in [6.07, 6.45) is 5.14. The van der Waals surface area contributed by atoms with Crippen molar-refractivity contribution < 1.29 is 4.79 Å².